The number of carbonyl (C=O) groups excluding carboxylic acids is 3. The van der Waals surface area contributed by atoms with E-state index in [9.17, 15) is 14.4 Å². The molecule has 0 radical (unpaired) electrons. The molecule has 0 N–H and O–H groups in total. The van der Waals surface area contributed by atoms with Gasteiger partial charge in [-0.1, -0.05) is 29.0 Å². The summed E-state index contributed by atoms with van der Waals surface area (Å²) in [5, 5.41) is 7.92. The SMILES string of the molecule is CC(Sc1nncn1C)C(=O)ON1C(=O)c2ccccc2C1=O. The number of rotatable bonds is 4. The van der Waals surface area contributed by atoms with E-state index in [0.717, 1.165) is 11.8 Å². The van der Waals surface area contributed by atoms with E-state index < -0.39 is 23.0 Å². The maximum absolute atomic E-state index is 12.1. The van der Waals surface area contributed by atoms with Crippen molar-refractivity contribution in [2.24, 2.45) is 7.05 Å². The molecule has 1 aliphatic heterocycles. The molecular weight excluding hydrogens is 320 g/mol. The monoisotopic (exact) mass is 332 g/mol. The molecule has 0 fully saturated rings. The van der Waals surface area contributed by atoms with Crippen LogP contribution in [0.25, 0.3) is 0 Å². The Hall–Kier alpha value is -2.68. The van der Waals surface area contributed by atoms with Crippen molar-refractivity contribution in [3.05, 3.63) is 41.7 Å². The van der Waals surface area contributed by atoms with Gasteiger partial charge in [0.2, 0.25) is 0 Å². The topological polar surface area (TPSA) is 94.4 Å². The van der Waals surface area contributed by atoms with Crippen LogP contribution in [0.15, 0.2) is 35.7 Å². The average molecular weight is 332 g/mol. The first-order valence-electron chi connectivity index (χ1n) is 6.69. The zero-order valence-electron chi connectivity index (χ0n) is 12.3. The first-order valence-corrected chi connectivity index (χ1v) is 7.57. The predicted molar refractivity (Wildman–Crippen MR) is 79.4 cm³/mol. The van der Waals surface area contributed by atoms with Gasteiger partial charge in [-0.15, -0.1) is 10.2 Å². The molecule has 1 aliphatic rings. The maximum Gasteiger partial charge on any atom is 0.346 e. The molecule has 0 spiro atoms. The molecule has 8 nitrogen and oxygen atoms in total. The zero-order valence-corrected chi connectivity index (χ0v) is 13.1. The summed E-state index contributed by atoms with van der Waals surface area (Å²) in [5.41, 5.74) is 0.442. The summed E-state index contributed by atoms with van der Waals surface area (Å²) >= 11 is 1.12. The normalized spacial score (nSPS) is 14.8. The average Bonchev–Trinajstić information content (AvgIpc) is 3.05. The quantitative estimate of drug-likeness (QED) is 0.610. The van der Waals surface area contributed by atoms with Gasteiger partial charge in [-0.05, 0) is 19.1 Å². The van der Waals surface area contributed by atoms with Gasteiger partial charge in [0.25, 0.3) is 11.8 Å². The molecule has 23 heavy (non-hydrogen) atoms. The third-order valence-corrected chi connectivity index (χ3v) is 4.35. The number of hydrogen-bond acceptors (Lipinski definition) is 7. The number of fused-ring (bicyclic) bond motifs is 1. The molecule has 2 heterocycles. The summed E-state index contributed by atoms with van der Waals surface area (Å²) in [5.74, 6) is -2.00. The molecule has 0 bridgehead atoms. The number of imide groups is 1. The number of aromatic nitrogens is 3. The van der Waals surface area contributed by atoms with Crippen LogP contribution < -0.4 is 0 Å². The Balaban J connectivity index is 1.70. The molecule has 3 rings (SSSR count). The minimum Gasteiger partial charge on any atom is -0.328 e. The lowest BCUT2D eigenvalue weighted by atomic mass is 10.1. The number of hydrogen-bond donors (Lipinski definition) is 0. The van der Waals surface area contributed by atoms with E-state index in [-0.39, 0.29) is 11.1 Å². The molecule has 2 amide bonds. The standard InChI is InChI=1S/C14H12N4O4S/c1-8(23-14-16-15-7-17(14)2)13(21)22-18-11(19)9-5-3-4-6-10(9)12(18)20/h3-8H,1-2H3. The van der Waals surface area contributed by atoms with Gasteiger partial charge in [0, 0.05) is 7.05 Å². The van der Waals surface area contributed by atoms with Crippen LogP contribution in [-0.4, -0.2) is 42.9 Å². The zero-order chi connectivity index (χ0) is 16.6. The third-order valence-electron chi connectivity index (χ3n) is 3.22. The van der Waals surface area contributed by atoms with Crippen molar-refractivity contribution in [1.82, 2.24) is 19.8 Å². The molecule has 1 aromatic carbocycles. The Labute approximate surface area is 135 Å². The fourth-order valence-corrected chi connectivity index (χ4v) is 2.76. The number of hydroxylamine groups is 2. The highest BCUT2D eigenvalue weighted by atomic mass is 32.2. The van der Waals surface area contributed by atoms with Crippen LogP contribution in [0.1, 0.15) is 27.6 Å². The highest BCUT2D eigenvalue weighted by Crippen LogP contribution is 2.25. The minimum atomic E-state index is -0.715. The van der Waals surface area contributed by atoms with Gasteiger partial charge in [-0.3, -0.25) is 9.59 Å². The van der Waals surface area contributed by atoms with Gasteiger partial charge in [-0.25, -0.2) is 4.79 Å². The molecule has 1 atom stereocenters. The summed E-state index contributed by atoms with van der Waals surface area (Å²) in [6.07, 6.45) is 1.50. The van der Waals surface area contributed by atoms with Crippen LogP contribution in [-0.2, 0) is 16.7 Å². The first-order chi connectivity index (χ1) is 11.0. The number of carbonyl (C=O) groups is 3. The van der Waals surface area contributed by atoms with Gasteiger partial charge in [0.1, 0.15) is 11.6 Å². The number of thioether (sulfide) groups is 1. The van der Waals surface area contributed by atoms with Crippen molar-refractivity contribution in [1.29, 1.82) is 0 Å². The summed E-state index contributed by atoms with van der Waals surface area (Å²) in [4.78, 5) is 41.4. The van der Waals surface area contributed by atoms with E-state index in [1.54, 1.807) is 30.7 Å². The molecule has 1 aromatic heterocycles. The second-order valence-corrected chi connectivity index (χ2v) is 6.15. The van der Waals surface area contributed by atoms with Crippen molar-refractivity contribution in [3.63, 3.8) is 0 Å². The van der Waals surface area contributed by atoms with E-state index in [1.807, 2.05) is 0 Å². The summed E-state index contributed by atoms with van der Waals surface area (Å²) in [6.45, 7) is 1.60. The molecule has 0 saturated heterocycles. The van der Waals surface area contributed by atoms with Crippen LogP contribution in [0.5, 0.6) is 0 Å². The number of aryl methyl sites for hydroxylation is 1. The Kier molecular flexibility index (Phi) is 3.87. The van der Waals surface area contributed by atoms with Gasteiger partial charge in [-0.2, -0.15) is 0 Å². The van der Waals surface area contributed by atoms with Gasteiger partial charge in [0.15, 0.2) is 5.16 Å². The third kappa shape index (κ3) is 2.70. The van der Waals surface area contributed by atoms with Crippen molar-refractivity contribution >= 4 is 29.5 Å². The van der Waals surface area contributed by atoms with E-state index in [2.05, 4.69) is 10.2 Å². The van der Waals surface area contributed by atoms with Gasteiger partial charge < -0.3 is 9.40 Å². The summed E-state index contributed by atoms with van der Waals surface area (Å²) in [7, 11) is 1.74. The fraction of sp³-hybridized carbons (Fsp3) is 0.214. The van der Waals surface area contributed by atoms with Crippen LogP contribution in [0.4, 0.5) is 0 Å². The highest BCUT2D eigenvalue weighted by Gasteiger charge is 2.39. The van der Waals surface area contributed by atoms with Gasteiger partial charge in [0.05, 0.1) is 11.1 Å². The van der Waals surface area contributed by atoms with Crippen LogP contribution in [0.3, 0.4) is 0 Å². The largest absolute Gasteiger partial charge is 0.346 e. The lowest BCUT2D eigenvalue weighted by Gasteiger charge is -2.15. The second kappa shape index (κ2) is 5.84. The van der Waals surface area contributed by atoms with Crippen molar-refractivity contribution < 1.29 is 19.2 Å². The van der Waals surface area contributed by atoms with Crippen LogP contribution in [0.2, 0.25) is 0 Å². The van der Waals surface area contributed by atoms with Crippen molar-refractivity contribution in [2.45, 2.75) is 17.3 Å². The molecule has 0 aliphatic carbocycles. The molecular formula is C14H12N4O4S. The van der Waals surface area contributed by atoms with Crippen molar-refractivity contribution in [2.75, 3.05) is 0 Å². The maximum atomic E-state index is 12.1. The lowest BCUT2D eigenvalue weighted by Crippen LogP contribution is -2.35. The van der Waals surface area contributed by atoms with E-state index >= 15 is 0 Å². The van der Waals surface area contributed by atoms with Crippen molar-refractivity contribution in [3.8, 4) is 0 Å². The van der Waals surface area contributed by atoms with E-state index in [4.69, 9.17) is 4.84 Å². The predicted octanol–water partition coefficient (Wildman–Crippen LogP) is 1.05. The fourth-order valence-electron chi connectivity index (χ4n) is 2.00. The molecule has 1 unspecified atom stereocenters. The summed E-state index contributed by atoms with van der Waals surface area (Å²) < 4.78 is 1.65. The molecule has 118 valence electrons. The minimum absolute atomic E-state index is 0.221. The first kappa shape index (κ1) is 15.2. The van der Waals surface area contributed by atoms with E-state index in [0.29, 0.717) is 10.2 Å². The highest BCUT2D eigenvalue weighted by molar-refractivity contribution is 8.00. The Morgan fingerprint density at radius 3 is 2.35 bits per heavy atom. The summed E-state index contributed by atoms with van der Waals surface area (Å²) in [6, 6.07) is 6.31. The Morgan fingerprint density at radius 2 is 1.83 bits per heavy atom. The van der Waals surface area contributed by atoms with E-state index in [1.165, 1.54) is 18.5 Å². The van der Waals surface area contributed by atoms with Crippen LogP contribution in [0, 0.1) is 0 Å². The number of benzene rings is 1. The number of nitrogens with zero attached hydrogens (tertiary/aromatic N) is 4. The Morgan fingerprint density at radius 1 is 1.22 bits per heavy atom. The van der Waals surface area contributed by atoms with Gasteiger partial charge >= 0.3 is 5.97 Å². The molecule has 0 saturated carbocycles. The molecule has 2 aromatic rings. The number of amides is 2. The smallest absolute Gasteiger partial charge is 0.328 e. The van der Waals surface area contributed by atoms with Crippen LogP contribution >= 0.6 is 11.8 Å². The second-order valence-electron chi connectivity index (χ2n) is 4.85. The Bertz CT molecular complexity index is 769. The molecule has 9 heteroatoms. The lowest BCUT2D eigenvalue weighted by molar-refractivity contribution is -0.167.